The predicted octanol–water partition coefficient (Wildman–Crippen LogP) is 3.38. The minimum absolute atomic E-state index is 0.149. The number of piperidine rings is 1. The van der Waals surface area contributed by atoms with Crippen LogP contribution in [0.25, 0.3) is 11.2 Å². The molecule has 2 aromatic rings. The fourth-order valence-electron chi connectivity index (χ4n) is 5.12. The molecule has 2 aromatic heterocycles. The normalized spacial score (nSPS) is 20.0. The van der Waals surface area contributed by atoms with Crippen LogP contribution in [0.4, 0.5) is 0 Å². The molecule has 7 nitrogen and oxygen atoms in total. The highest BCUT2D eigenvalue weighted by atomic mass is 16.5. The van der Waals surface area contributed by atoms with Gasteiger partial charge in [-0.15, -0.1) is 0 Å². The number of imidazole rings is 1. The Morgan fingerprint density at radius 1 is 1.33 bits per heavy atom. The molecule has 7 heteroatoms. The van der Waals surface area contributed by atoms with E-state index < -0.39 is 0 Å². The summed E-state index contributed by atoms with van der Waals surface area (Å²) >= 11 is 0. The molecule has 0 saturated carbocycles. The lowest BCUT2D eigenvalue weighted by Gasteiger charge is -2.45. The first-order valence-electron chi connectivity index (χ1n) is 11.3. The van der Waals surface area contributed by atoms with Gasteiger partial charge in [-0.05, 0) is 56.6 Å². The van der Waals surface area contributed by atoms with Gasteiger partial charge < -0.3 is 18.9 Å². The highest BCUT2D eigenvalue weighted by Gasteiger charge is 2.38. The van der Waals surface area contributed by atoms with Crippen molar-refractivity contribution in [2.45, 2.75) is 57.9 Å². The Morgan fingerprint density at radius 3 is 2.97 bits per heavy atom. The second kappa shape index (κ2) is 9.43. The summed E-state index contributed by atoms with van der Waals surface area (Å²) in [6, 6.07) is 4.06. The summed E-state index contributed by atoms with van der Waals surface area (Å²) in [6.07, 6.45) is 8.46. The van der Waals surface area contributed by atoms with Crippen LogP contribution in [0.5, 0.6) is 0 Å². The minimum Gasteiger partial charge on any atom is -0.383 e. The van der Waals surface area contributed by atoms with E-state index in [4.69, 9.17) is 14.5 Å². The summed E-state index contributed by atoms with van der Waals surface area (Å²) in [5.74, 6) is 1.27. The molecule has 1 atom stereocenters. The number of amides is 1. The number of fused-ring (bicyclic) bond motifs is 1. The van der Waals surface area contributed by atoms with Crippen molar-refractivity contribution in [3.05, 3.63) is 24.2 Å². The molecule has 2 aliphatic heterocycles. The molecule has 0 radical (unpaired) electrons. The number of carbonyl (C=O) groups excluding carboxylic acids is 1. The van der Waals surface area contributed by atoms with Gasteiger partial charge >= 0.3 is 0 Å². The number of aryl methyl sites for hydroxylation is 1. The maximum Gasteiger partial charge on any atom is 0.222 e. The molecule has 164 valence electrons. The van der Waals surface area contributed by atoms with Gasteiger partial charge in [0.1, 0.15) is 11.3 Å². The molecule has 2 aliphatic rings. The van der Waals surface area contributed by atoms with Crippen molar-refractivity contribution in [3.8, 4) is 0 Å². The van der Waals surface area contributed by atoms with Crippen molar-refractivity contribution in [2.24, 2.45) is 5.41 Å². The van der Waals surface area contributed by atoms with Gasteiger partial charge in [0.15, 0.2) is 5.65 Å². The number of carbonyl (C=O) groups is 1. The van der Waals surface area contributed by atoms with Crippen molar-refractivity contribution >= 4 is 17.1 Å². The summed E-state index contributed by atoms with van der Waals surface area (Å²) in [7, 11) is 1.71. The van der Waals surface area contributed by atoms with E-state index in [0.717, 1.165) is 75.4 Å². The first-order valence-corrected chi connectivity index (χ1v) is 11.3. The molecule has 2 fully saturated rings. The Balaban J connectivity index is 1.38. The monoisotopic (exact) mass is 414 g/mol. The maximum atomic E-state index is 12.9. The maximum absolute atomic E-state index is 12.9. The third kappa shape index (κ3) is 4.52. The SMILES string of the molecule is COCC(C)n1c(CCCC(=O)N2CCCC3(CCOCC3)C2)nc2cccnc21. The van der Waals surface area contributed by atoms with Gasteiger partial charge in [0, 0.05) is 52.5 Å². The van der Waals surface area contributed by atoms with Gasteiger partial charge in [-0.25, -0.2) is 9.97 Å². The van der Waals surface area contributed by atoms with E-state index in [0.29, 0.717) is 18.4 Å². The van der Waals surface area contributed by atoms with E-state index >= 15 is 0 Å². The van der Waals surface area contributed by atoms with Gasteiger partial charge in [-0.3, -0.25) is 4.79 Å². The molecule has 4 heterocycles. The second-order valence-corrected chi connectivity index (χ2v) is 8.93. The molecule has 2 saturated heterocycles. The van der Waals surface area contributed by atoms with Crippen LogP contribution in [-0.4, -0.2) is 65.4 Å². The number of ether oxygens (including phenoxy) is 2. The molecular weight excluding hydrogens is 380 g/mol. The number of pyridine rings is 1. The molecule has 0 bridgehead atoms. The number of likely N-dealkylation sites (tertiary alicyclic amines) is 1. The highest BCUT2D eigenvalue weighted by molar-refractivity contribution is 5.76. The third-order valence-electron chi connectivity index (χ3n) is 6.73. The molecule has 1 spiro atoms. The van der Waals surface area contributed by atoms with E-state index in [-0.39, 0.29) is 11.9 Å². The Hall–Kier alpha value is -1.99. The number of hydrogen-bond acceptors (Lipinski definition) is 5. The van der Waals surface area contributed by atoms with Crippen LogP contribution in [0, 0.1) is 5.41 Å². The van der Waals surface area contributed by atoms with E-state index in [1.807, 2.05) is 12.1 Å². The van der Waals surface area contributed by atoms with E-state index in [2.05, 4.69) is 21.4 Å². The molecule has 0 aliphatic carbocycles. The molecule has 0 aromatic carbocycles. The number of methoxy groups -OCH3 is 1. The lowest BCUT2D eigenvalue weighted by atomic mass is 9.74. The Morgan fingerprint density at radius 2 is 2.17 bits per heavy atom. The van der Waals surface area contributed by atoms with Crippen molar-refractivity contribution < 1.29 is 14.3 Å². The Kier molecular flexibility index (Phi) is 6.68. The average Bonchev–Trinajstić information content (AvgIpc) is 3.13. The minimum atomic E-state index is 0.149. The third-order valence-corrected chi connectivity index (χ3v) is 6.73. The first-order chi connectivity index (χ1) is 14.6. The van der Waals surface area contributed by atoms with Crippen LogP contribution in [0.1, 0.15) is 57.3 Å². The van der Waals surface area contributed by atoms with Crippen LogP contribution >= 0.6 is 0 Å². The fourth-order valence-corrected chi connectivity index (χ4v) is 5.12. The molecular formula is C23H34N4O3. The smallest absolute Gasteiger partial charge is 0.222 e. The predicted molar refractivity (Wildman–Crippen MR) is 115 cm³/mol. The van der Waals surface area contributed by atoms with E-state index in [1.54, 1.807) is 13.3 Å². The number of rotatable bonds is 7. The second-order valence-electron chi connectivity index (χ2n) is 8.93. The molecule has 30 heavy (non-hydrogen) atoms. The Labute approximate surface area is 178 Å². The standard InChI is InChI=1S/C23H34N4O3/c1-18(16-29-2)27-20(25-19-6-4-12-24-22(19)27)7-3-8-21(28)26-13-5-9-23(17-26)10-14-30-15-11-23/h4,6,12,18H,3,5,7-11,13-17H2,1-2H3. The van der Waals surface area contributed by atoms with Crippen LogP contribution in [0.2, 0.25) is 0 Å². The lowest BCUT2D eigenvalue weighted by Crippen LogP contribution is -2.48. The zero-order chi connectivity index (χ0) is 21.0. The van der Waals surface area contributed by atoms with Gasteiger partial charge in [-0.1, -0.05) is 0 Å². The largest absolute Gasteiger partial charge is 0.383 e. The molecule has 4 rings (SSSR count). The van der Waals surface area contributed by atoms with Crippen molar-refractivity contribution in [2.75, 3.05) is 40.0 Å². The molecule has 0 N–H and O–H groups in total. The number of aromatic nitrogens is 3. The van der Waals surface area contributed by atoms with Gasteiger partial charge in [0.2, 0.25) is 5.91 Å². The highest BCUT2D eigenvalue weighted by Crippen LogP contribution is 2.39. The zero-order valence-corrected chi connectivity index (χ0v) is 18.3. The van der Waals surface area contributed by atoms with E-state index in [1.165, 1.54) is 6.42 Å². The van der Waals surface area contributed by atoms with Gasteiger partial charge in [-0.2, -0.15) is 0 Å². The lowest BCUT2D eigenvalue weighted by molar-refractivity contribution is -0.137. The van der Waals surface area contributed by atoms with Crippen LogP contribution in [-0.2, 0) is 20.7 Å². The topological polar surface area (TPSA) is 69.5 Å². The average molecular weight is 415 g/mol. The zero-order valence-electron chi connectivity index (χ0n) is 18.3. The summed E-state index contributed by atoms with van der Waals surface area (Å²) in [5, 5.41) is 0. The van der Waals surface area contributed by atoms with E-state index in [9.17, 15) is 4.79 Å². The van der Waals surface area contributed by atoms with Crippen LogP contribution in [0.15, 0.2) is 18.3 Å². The summed E-state index contributed by atoms with van der Waals surface area (Å²) in [5.41, 5.74) is 2.08. The van der Waals surface area contributed by atoms with Crippen molar-refractivity contribution in [1.29, 1.82) is 0 Å². The van der Waals surface area contributed by atoms with Crippen molar-refractivity contribution in [1.82, 2.24) is 19.4 Å². The first kappa shape index (κ1) is 21.2. The Bertz CT molecular complexity index is 854. The fraction of sp³-hybridized carbons (Fsp3) is 0.696. The molecule has 1 amide bonds. The van der Waals surface area contributed by atoms with Crippen LogP contribution < -0.4 is 0 Å². The molecule has 1 unspecified atom stereocenters. The number of hydrogen-bond donors (Lipinski definition) is 0. The summed E-state index contributed by atoms with van der Waals surface area (Å²) in [6.45, 7) is 6.21. The van der Waals surface area contributed by atoms with Gasteiger partial charge in [0.05, 0.1) is 12.6 Å². The summed E-state index contributed by atoms with van der Waals surface area (Å²) < 4.78 is 13.1. The number of nitrogens with zero attached hydrogens (tertiary/aromatic N) is 4. The van der Waals surface area contributed by atoms with Crippen molar-refractivity contribution in [3.63, 3.8) is 0 Å². The quantitative estimate of drug-likeness (QED) is 0.695. The summed E-state index contributed by atoms with van der Waals surface area (Å²) in [4.78, 5) is 24.4. The van der Waals surface area contributed by atoms with Gasteiger partial charge in [0.25, 0.3) is 0 Å². The van der Waals surface area contributed by atoms with Crippen LogP contribution in [0.3, 0.4) is 0 Å².